The molecule has 1 amide bonds. The van der Waals surface area contributed by atoms with Gasteiger partial charge in [0.1, 0.15) is 11.9 Å². The van der Waals surface area contributed by atoms with Crippen molar-refractivity contribution in [1.29, 1.82) is 0 Å². The van der Waals surface area contributed by atoms with Crippen molar-refractivity contribution in [3.63, 3.8) is 0 Å². The second-order valence-corrected chi connectivity index (χ2v) is 5.12. The lowest BCUT2D eigenvalue weighted by Gasteiger charge is -2.19. The van der Waals surface area contributed by atoms with Gasteiger partial charge < -0.3 is 10.4 Å². The van der Waals surface area contributed by atoms with Crippen molar-refractivity contribution in [1.82, 2.24) is 5.32 Å². The average Bonchev–Trinajstić information content (AvgIpc) is 2.44. The Bertz CT molecular complexity index is 560. The zero-order valence-electron chi connectivity index (χ0n) is 11.8. The normalized spacial score (nSPS) is 13.9. The number of amides is 1. The summed E-state index contributed by atoms with van der Waals surface area (Å²) in [4.78, 5) is 22.8. The molecule has 0 saturated carbocycles. The fraction of sp³-hybridized carbons (Fsp3) is 0.333. The zero-order valence-corrected chi connectivity index (χ0v) is 12.5. The van der Waals surface area contributed by atoms with Crippen molar-refractivity contribution in [2.24, 2.45) is 5.92 Å². The van der Waals surface area contributed by atoms with Crippen LogP contribution in [0.2, 0.25) is 5.02 Å². The van der Waals surface area contributed by atoms with E-state index < -0.39 is 23.7 Å². The molecule has 0 radical (unpaired) electrons. The Hall–Kier alpha value is -1.88. The van der Waals surface area contributed by atoms with Gasteiger partial charge in [-0.25, -0.2) is 9.18 Å². The molecule has 0 aliphatic carbocycles. The second kappa shape index (κ2) is 7.78. The predicted molar refractivity (Wildman–Crippen MR) is 79.5 cm³/mol. The van der Waals surface area contributed by atoms with Crippen LogP contribution in [-0.4, -0.2) is 23.0 Å². The van der Waals surface area contributed by atoms with Crippen LogP contribution in [0, 0.1) is 11.7 Å². The zero-order chi connectivity index (χ0) is 16.0. The molecular formula is C15H17ClFNO3. The van der Waals surface area contributed by atoms with Gasteiger partial charge in [-0.15, -0.1) is 0 Å². The van der Waals surface area contributed by atoms with Crippen molar-refractivity contribution in [2.45, 2.75) is 26.3 Å². The molecule has 0 bridgehead atoms. The molecule has 1 aromatic carbocycles. The third kappa shape index (κ3) is 5.19. The quantitative estimate of drug-likeness (QED) is 0.793. The van der Waals surface area contributed by atoms with Crippen molar-refractivity contribution in [2.75, 3.05) is 0 Å². The predicted octanol–water partition coefficient (Wildman–Crippen LogP) is 3.11. The topological polar surface area (TPSA) is 66.4 Å². The molecule has 0 aliphatic heterocycles. The number of carbonyl (C=O) groups excluding carboxylic acids is 1. The summed E-state index contributed by atoms with van der Waals surface area (Å²) in [7, 11) is 0. The molecule has 1 rings (SSSR count). The Balaban J connectivity index is 2.73. The molecular weight excluding hydrogens is 297 g/mol. The standard InChI is InChI=1S/C15H17ClFNO3/c1-3-9(2)14(15(20)21)18-13(19)7-5-10-4-6-12(17)11(16)8-10/h4-9,14H,3H2,1-2H3,(H,18,19)(H,20,21)/b7-5+. The summed E-state index contributed by atoms with van der Waals surface area (Å²) >= 11 is 5.63. The summed E-state index contributed by atoms with van der Waals surface area (Å²) in [6.07, 6.45) is 3.27. The van der Waals surface area contributed by atoms with Gasteiger partial charge in [0.2, 0.25) is 5.91 Å². The third-order valence-corrected chi connectivity index (χ3v) is 3.44. The van der Waals surface area contributed by atoms with Crippen LogP contribution in [0.1, 0.15) is 25.8 Å². The maximum absolute atomic E-state index is 13.0. The third-order valence-electron chi connectivity index (χ3n) is 3.15. The highest BCUT2D eigenvalue weighted by Crippen LogP contribution is 2.16. The Kier molecular flexibility index (Phi) is 6.37. The molecule has 6 heteroatoms. The van der Waals surface area contributed by atoms with Crippen LogP contribution in [0.5, 0.6) is 0 Å². The van der Waals surface area contributed by atoms with Gasteiger partial charge in [-0.3, -0.25) is 4.79 Å². The molecule has 2 atom stereocenters. The van der Waals surface area contributed by atoms with Gasteiger partial charge in [0, 0.05) is 6.08 Å². The number of aliphatic carboxylic acids is 1. The largest absolute Gasteiger partial charge is 0.480 e. The number of carboxylic acids is 1. The molecule has 0 aromatic heterocycles. The van der Waals surface area contributed by atoms with E-state index in [0.29, 0.717) is 12.0 Å². The fourth-order valence-electron chi connectivity index (χ4n) is 1.67. The van der Waals surface area contributed by atoms with E-state index in [0.717, 1.165) is 0 Å². The molecule has 0 fully saturated rings. The smallest absolute Gasteiger partial charge is 0.326 e. The van der Waals surface area contributed by atoms with E-state index in [-0.39, 0.29) is 10.9 Å². The molecule has 0 heterocycles. The maximum atomic E-state index is 13.0. The van der Waals surface area contributed by atoms with Crippen LogP contribution >= 0.6 is 11.6 Å². The monoisotopic (exact) mass is 313 g/mol. The molecule has 21 heavy (non-hydrogen) atoms. The molecule has 0 aliphatic rings. The first-order valence-corrected chi connectivity index (χ1v) is 6.89. The summed E-state index contributed by atoms with van der Waals surface area (Å²) in [6.45, 7) is 3.60. The first-order chi connectivity index (χ1) is 9.85. The first kappa shape index (κ1) is 17.2. The van der Waals surface area contributed by atoms with E-state index in [4.69, 9.17) is 16.7 Å². The lowest BCUT2D eigenvalue weighted by Crippen LogP contribution is -2.44. The van der Waals surface area contributed by atoms with Gasteiger partial charge in [-0.2, -0.15) is 0 Å². The molecule has 4 nitrogen and oxygen atoms in total. The van der Waals surface area contributed by atoms with Gasteiger partial charge in [-0.1, -0.05) is 37.9 Å². The highest BCUT2D eigenvalue weighted by molar-refractivity contribution is 6.30. The van der Waals surface area contributed by atoms with Crippen molar-refractivity contribution in [3.05, 3.63) is 40.7 Å². The Morgan fingerprint density at radius 2 is 2.14 bits per heavy atom. The van der Waals surface area contributed by atoms with Crippen molar-refractivity contribution >= 4 is 29.6 Å². The van der Waals surface area contributed by atoms with E-state index in [2.05, 4.69) is 5.32 Å². The summed E-state index contributed by atoms with van der Waals surface area (Å²) in [5.74, 6) is -2.32. The van der Waals surface area contributed by atoms with Crippen LogP contribution in [-0.2, 0) is 9.59 Å². The van der Waals surface area contributed by atoms with Crippen LogP contribution in [0.3, 0.4) is 0 Å². The number of carbonyl (C=O) groups is 2. The Morgan fingerprint density at radius 1 is 1.48 bits per heavy atom. The van der Waals surface area contributed by atoms with E-state index in [9.17, 15) is 14.0 Å². The highest BCUT2D eigenvalue weighted by Gasteiger charge is 2.24. The second-order valence-electron chi connectivity index (χ2n) is 4.72. The average molecular weight is 314 g/mol. The number of nitrogens with one attached hydrogen (secondary N) is 1. The molecule has 0 spiro atoms. The van der Waals surface area contributed by atoms with Crippen molar-refractivity contribution < 1.29 is 19.1 Å². The lowest BCUT2D eigenvalue weighted by molar-refractivity contribution is -0.142. The van der Waals surface area contributed by atoms with Crippen LogP contribution in [0.15, 0.2) is 24.3 Å². The summed E-state index contributed by atoms with van der Waals surface area (Å²) in [5, 5.41) is 11.5. The van der Waals surface area contributed by atoms with Gasteiger partial charge >= 0.3 is 5.97 Å². The summed E-state index contributed by atoms with van der Waals surface area (Å²) in [5.41, 5.74) is 0.548. The number of rotatable bonds is 6. The fourth-order valence-corrected chi connectivity index (χ4v) is 1.86. The Morgan fingerprint density at radius 3 is 2.67 bits per heavy atom. The minimum atomic E-state index is -1.07. The van der Waals surface area contributed by atoms with E-state index in [1.165, 1.54) is 30.4 Å². The lowest BCUT2D eigenvalue weighted by atomic mass is 9.99. The number of halogens is 2. The van der Waals surface area contributed by atoms with Crippen LogP contribution in [0.25, 0.3) is 6.08 Å². The number of benzene rings is 1. The number of hydrogen-bond acceptors (Lipinski definition) is 2. The molecule has 0 saturated heterocycles. The van der Waals surface area contributed by atoms with Gasteiger partial charge in [-0.05, 0) is 29.7 Å². The van der Waals surface area contributed by atoms with Crippen molar-refractivity contribution in [3.8, 4) is 0 Å². The summed E-state index contributed by atoms with van der Waals surface area (Å²) in [6, 6.07) is 3.10. The highest BCUT2D eigenvalue weighted by atomic mass is 35.5. The van der Waals surface area contributed by atoms with Crippen LogP contribution < -0.4 is 5.32 Å². The van der Waals surface area contributed by atoms with E-state index >= 15 is 0 Å². The summed E-state index contributed by atoms with van der Waals surface area (Å²) < 4.78 is 13.0. The van der Waals surface area contributed by atoms with Gasteiger partial charge in [0.05, 0.1) is 5.02 Å². The van der Waals surface area contributed by atoms with Gasteiger partial charge in [0.25, 0.3) is 0 Å². The minimum absolute atomic E-state index is 0.0411. The van der Waals surface area contributed by atoms with E-state index in [1.807, 2.05) is 6.92 Å². The maximum Gasteiger partial charge on any atom is 0.326 e. The molecule has 114 valence electrons. The SMILES string of the molecule is CCC(C)C(NC(=O)/C=C/c1ccc(F)c(Cl)c1)C(=O)O. The first-order valence-electron chi connectivity index (χ1n) is 6.51. The molecule has 1 aromatic rings. The van der Waals surface area contributed by atoms with Gasteiger partial charge in [0.15, 0.2) is 0 Å². The number of carboxylic acid groups (broad SMARTS) is 1. The molecule has 2 unspecified atom stereocenters. The molecule has 2 N–H and O–H groups in total. The number of hydrogen-bond donors (Lipinski definition) is 2. The Labute approximate surface area is 127 Å². The minimum Gasteiger partial charge on any atom is -0.480 e. The van der Waals surface area contributed by atoms with E-state index in [1.54, 1.807) is 6.92 Å². The van der Waals surface area contributed by atoms with Crippen LogP contribution in [0.4, 0.5) is 4.39 Å².